The van der Waals surface area contributed by atoms with Crippen LogP contribution >= 0.6 is 0 Å². The molecule has 1 fully saturated rings. The van der Waals surface area contributed by atoms with Gasteiger partial charge in [-0.3, -0.25) is 0 Å². The number of hydrogen-bond acceptors (Lipinski definition) is 2. The van der Waals surface area contributed by atoms with Crippen LogP contribution in [0.25, 0.3) is 0 Å². The topological polar surface area (TPSA) is 29.5 Å². The molecule has 0 unspecified atom stereocenters. The molecule has 0 aromatic rings. The summed E-state index contributed by atoms with van der Waals surface area (Å²) in [6, 6.07) is 0. The van der Waals surface area contributed by atoms with Crippen LogP contribution in [0.5, 0.6) is 0 Å². The van der Waals surface area contributed by atoms with Gasteiger partial charge in [0.1, 0.15) is 0 Å². The summed E-state index contributed by atoms with van der Waals surface area (Å²) in [5.74, 6) is 0.468. The Bertz CT molecular complexity index is 338. The van der Waals surface area contributed by atoms with E-state index in [2.05, 4.69) is 47.4 Å². The van der Waals surface area contributed by atoms with Crippen LogP contribution in [0.15, 0.2) is 12.2 Å². The lowest BCUT2D eigenvalue weighted by Crippen LogP contribution is -2.43. The van der Waals surface area contributed by atoms with Crippen molar-refractivity contribution in [3.05, 3.63) is 12.2 Å². The fourth-order valence-electron chi connectivity index (χ4n) is 2.82. The molecule has 0 bridgehead atoms. The second-order valence-corrected chi connectivity index (χ2v) is 13.1. The standard InChI is InChI=1S/C18H36O2Si/c1-14(13-17(19)16-11-9-8-10-12-16)15(2)20-21(6,7)18(3,4)5/h15-17,19H,1,8-13H2,2-7H3/t15-,17+/m1/s1. The Kier molecular flexibility index (Phi) is 6.70. The molecule has 0 aromatic heterocycles. The summed E-state index contributed by atoms with van der Waals surface area (Å²) in [5, 5.41) is 10.7. The number of aliphatic hydroxyl groups excluding tert-OH is 1. The summed E-state index contributed by atoms with van der Waals surface area (Å²) in [4.78, 5) is 0. The van der Waals surface area contributed by atoms with Crippen molar-refractivity contribution in [1.82, 2.24) is 0 Å². The molecule has 21 heavy (non-hydrogen) atoms. The monoisotopic (exact) mass is 312 g/mol. The highest BCUT2D eigenvalue weighted by Crippen LogP contribution is 2.38. The Labute approximate surface area is 133 Å². The van der Waals surface area contributed by atoms with Crippen LogP contribution in [0, 0.1) is 5.92 Å². The molecule has 2 nitrogen and oxygen atoms in total. The Morgan fingerprint density at radius 1 is 1.24 bits per heavy atom. The molecular weight excluding hydrogens is 276 g/mol. The van der Waals surface area contributed by atoms with Crippen molar-refractivity contribution < 1.29 is 9.53 Å². The van der Waals surface area contributed by atoms with Gasteiger partial charge in [0, 0.05) is 0 Å². The molecule has 1 aliphatic rings. The molecule has 1 rings (SSSR count). The normalized spacial score (nSPS) is 21.1. The van der Waals surface area contributed by atoms with Crippen molar-refractivity contribution >= 4 is 8.32 Å². The molecule has 124 valence electrons. The van der Waals surface area contributed by atoms with Gasteiger partial charge in [-0.15, -0.1) is 0 Å². The van der Waals surface area contributed by atoms with E-state index in [9.17, 15) is 5.11 Å². The van der Waals surface area contributed by atoms with E-state index < -0.39 is 8.32 Å². The van der Waals surface area contributed by atoms with E-state index in [0.29, 0.717) is 12.3 Å². The SMILES string of the molecule is C=C(C[C@H](O)C1CCCCC1)[C@@H](C)O[Si](C)(C)C(C)(C)C. The lowest BCUT2D eigenvalue weighted by molar-refractivity contribution is 0.0794. The van der Waals surface area contributed by atoms with Crippen molar-refractivity contribution in [1.29, 1.82) is 0 Å². The van der Waals surface area contributed by atoms with E-state index in [1.807, 2.05) is 0 Å². The average Bonchev–Trinajstić information content (AvgIpc) is 2.37. The van der Waals surface area contributed by atoms with Crippen LogP contribution in [-0.4, -0.2) is 25.6 Å². The van der Waals surface area contributed by atoms with E-state index in [4.69, 9.17) is 4.43 Å². The zero-order valence-corrected chi connectivity index (χ0v) is 16.0. The second-order valence-electron chi connectivity index (χ2n) is 8.35. The largest absolute Gasteiger partial charge is 0.411 e. The first kappa shape index (κ1) is 18.9. The Morgan fingerprint density at radius 3 is 2.24 bits per heavy atom. The van der Waals surface area contributed by atoms with Gasteiger partial charge < -0.3 is 9.53 Å². The first-order valence-corrected chi connectivity index (χ1v) is 11.5. The van der Waals surface area contributed by atoms with Gasteiger partial charge in [-0.25, -0.2) is 0 Å². The predicted molar refractivity (Wildman–Crippen MR) is 94.1 cm³/mol. The number of rotatable bonds is 6. The van der Waals surface area contributed by atoms with Crippen LogP contribution in [0.2, 0.25) is 18.1 Å². The minimum atomic E-state index is -1.76. The Morgan fingerprint density at radius 2 is 1.76 bits per heavy atom. The molecule has 2 atom stereocenters. The summed E-state index contributed by atoms with van der Waals surface area (Å²) in [6.07, 6.45) is 6.72. The molecule has 1 aliphatic carbocycles. The minimum absolute atomic E-state index is 0.0455. The molecule has 1 saturated carbocycles. The Hall–Kier alpha value is -0.123. The lowest BCUT2D eigenvalue weighted by atomic mass is 9.83. The summed E-state index contributed by atoms with van der Waals surface area (Å²) in [5.41, 5.74) is 1.05. The third kappa shape index (κ3) is 5.54. The highest BCUT2D eigenvalue weighted by atomic mass is 28.4. The molecule has 0 aromatic carbocycles. The maximum absolute atomic E-state index is 10.4. The van der Waals surface area contributed by atoms with Gasteiger partial charge in [0.15, 0.2) is 8.32 Å². The molecular formula is C18H36O2Si. The highest BCUT2D eigenvalue weighted by molar-refractivity contribution is 6.74. The molecule has 1 N–H and O–H groups in total. The summed E-state index contributed by atoms with van der Waals surface area (Å²) in [6.45, 7) is 17.6. The third-order valence-corrected chi connectivity index (χ3v) is 10.1. The van der Waals surface area contributed by atoms with Gasteiger partial charge in [0.2, 0.25) is 0 Å². The van der Waals surface area contributed by atoms with Gasteiger partial charge in [-0.1, -0.05) is 46.6 Å². The molecule has 0 aliphatic heterocycles. The zero-order valence-electron chi connectivity index (χ0n) is 15.0. The first-order chi connectivity index (χ1) is 9.54. The van der Waals surface area contributed by atoms with Crippen LogP contribution in [0.3, 0.4) is 0 Å². The summed E-state index contributed by atoms with van der Waals surface area (Å²) < 4.78 is 6.38. The van der Waals surface area contributed by atoms with Gasteiger partial charge in [-0.2, -0.15) is 0 Å². The summed E-state index contributed by atoms with van der Waals surface area (Å²) in [7, 11) is -1.76. The predicted octanol–water partition coefficient (Wildman–Crippen LogP) is 5.28. The van der Waals surface area contributed by atoms with Crippen LogP contribution in [0.1, 0.15) is 66.2 Å². The third-order valence-electron chi connectivity index (χ3n) is 5.52. The van der Waals surface area contributed by atoms with Gasteiger partial charge >= 0.3 is 0 Å². The maximum atomic E-state index is 10.4. The van der Waals surface area contributed by atoms with E-state index in [1.54, 1.807) is 0 Å². The fourth-order valence-corrected chi connectivity index (χ4v) is 4.23. The molecule has 0 heterocycles. The number of aliphatic hydroxyl groups is 1. The van der Waals surface area contributed by atoms with E-state index in [-0.39, 0.29) is 17.2 Å². The van der Waals surface area contributed by atoms with E-state index in [1.165, 1.54) is 32.1 Å². The maximum Gasteiger partial charge on any atom is 0.192 e. The van der Waals surface area contributed by atoms with Crippen LogP contribution in [0.4, 0.5) is 0 Å². The lowest BCUT2D eigenvalue weighted by Gasteiger charge is -2.39. The van der Waals surface area contributed by atoms with Crippen LogP contribution in [-0.2, 0) is 4.43 Å². The molecule has 0 radical (unpaired) electrons. The quantitative estimate of drug-likeness (QED) is 0.534. The van der Waals surface area contributed by atoms with Gasteiger partial charge in [-0.05, 0) is 55.8 Å². The smallest absolute Gasteiger partial charge is 0.192 e. The molecule has 3 heteroatoms. The molecule has 0 saturated heterocycles. The summed E-state index contributed by atoms with van der Waals surface area (Å²) >= 11 is 0. The molecule has 0 amide bonds. The van der Waals surface area contributed by atoms with Crippen molar-refractivity contribution in [2.45, 2.75) is 96.6 Å². The van der Waals surface area contributed by atoms with E-state index >= 15 is 0 Å². The van der Waals surface area contributed by atoms with Crippen LogP contribution < -0.4 is 0 Å². The zero-order chi connectivity index (χ0) is 16.3. The second kappa shape index (κ2) is 7.43. The Balaban J connectivity index is 2.50. The van der Waals surface area contributed by atoms with Crippen molar-refractivity contribution in [2.24, 2.45) is 5.92 Å². The average molecular weight is 313 g/mol. The molecule has 0 spiro atoms. The number of hydrogen-bond donors (Lipinski definition) is 1. The van der Waals surface area contributed by atoms with E-state index in [0.717, 1.165) is 5.57 Å². The van der Waals surface area contributed by atoms with Crippen molar-refractivity contribution in [2.75, 3.05) is 0 Å². The fraction of sp³-hybridized carbons (Fsp3) is 0.889. The van der Waals surface area contributed by atoms with Gasteiger partial charge in [0.25, 0.3) is 0 Å². The highest BCUT2D eigenvalue weighted by Gasteiger charge is 2.39. The van der Waals surface area contributed by atoms with Gasteiger partial charge in [0.05, 0.1) is 12.2 Å². The van der Waals surface area contributed by atoms with Crippen molar-refractivity contribution in [3.8, 4) is 0 Å². The first-order valence-electron chi connectivity index (χ1n) is 8.58. The van der Waals surface area contributed by atoms with Crippen molar-refractivity contribution in [3.63, 3.8) is 0 Å². The minimum Gasteiger partial charge on any atom is -0.411 e.